The number of β-amino-alcohol motifs (C(OH)–C–C–N with tert-alkyl or cyclic N) is 1. The van der Waals surface area contributed by atoms with Gasteiger partial charge < -0.3 is 5.11 Å². The van der Waals surface area contributed by atoms with E-state index in [9.17, 15) is 9.90 Å². The van der Waals surface area contributed by atoms with Crippen LogP contribution in [0.2, 0.25) is 5.02 Å². The molecule has 2 aromatic heterocycles. The molecular weight excluding hydrogens is 244 g/mol. The summed E-state index contributed by atoms with van der Waals surface area (Å²) in [4.78, 5) is 17.2. The summed E-state index contributed by atoms with van der Waals surface area (Å²) in [5, 5.41) is 14.0. The van der Waals surface area contributed by atoms with Crippen LogP contribution in [-0.4, -0.2) is 38.3 Å². The predicted molar refractivity (Wildman–Crippen MR) is 61.0 cm³/mol. The van der Waals surface area contributed by atoms with Crippen LogP contribution in [0.4, 0.5) is 5.95 Å². The first kappa shape index (κ1) is 10.5. The number of rotatable bonds is 1. The molecule has 0 saturated carbocycles. The van der Waals surface area contributed by atoms with Crippen molar-refractivity contribution in [3.05, 3.63) is 23.4 Å². The summed E-state index contributed by atoms with van der Waals surface area (Å²) in [6, 6.07) is 3.45. The molecule has 88 valence electrons. The normalized spacial score (nSPS) is 20.5. The summed E-state index contributed by atoms with van der Waals surface area (Å²) < 4.78 is 1.51. The van der Waals surface area contributed by atoms with Gasteiger partial charge in [-0.2, -0.15) is 4.98 Å². The molecule has 0 aromatic carbocycles. The topological polar surface area (TPSA) is 70.7 Å². The minimum absolute atomic E-state index is 0.114. The van der Waals surface area contributed by atoms with Crippen molar-refractivity contribution in [3.63, 3.8) is 0 Å². The Bertz CT molecular complexity index is 597. The van der Waals surface area contributed by atoms with Gasteiger partial charge in [-0.3, -0.25) is 9.69 Å². The van der Waals surface area contributed by atoms with Crippen LogP contribution in [0, 0.1) is 0 Å². The number of hydrogen-bond donors (Lipinski definition) is 1. The van der Waals surface area contributed by atoms with Crippen molar-refractivity contribution in [2.75, 3.05) is 11.4 Å². The monoisotopic (exact) mass is 252 g/mol. The van der Waals surface area contributed by atoms with Gasteiger partial charge in [-0.25, -0.2) is 4.52 Å². The van der Waals surface area contributed by atoms with Crippen LogP contribution < -0.4 is 4.90 Å². The van der Waals surface area contributed by atoms with Gasteiger partial charge in [-0.05, 0) is 12.1 Å². The molecule has 1 amide bonds. The van der Waals surface area contributed by atoms with Crippen LogP contribution in [0.3, 0.4) is 0 Å². The third-order valence-electron chi connectivity index (χ3n) is 2.65. The number of aliphatic hydroxyl groups excluding tert-OH is 1. The largest absolute Gasteiger partial charge is 0.391 e. The number of amides is 1. The Kier molecular flexibility index (Phi) is 2.27. The van der Waals surface area contributed by atoms with Crippen molar-refractivity contribution in [1.29, 1.82) is 0 Å². The van der Waals surface area contributed by atoms with Gasteiger partial charge in [-0.1, -0.05) is 11.6 Å². The van der Waals surface area contributed by atoms with Crippen molar-refractivity contribution in [1.82, 2.24) is 14.6 Å². The molecule has 7 heteroatoms. The molecule has 0 radical (unpaired) electrons. The fourth-order valence-electron chi connectivity index (χ4n) is 1.86. The second-order valence-corrected chi connectivity index (χ2v) is 4.31. The molecule has 3 rings (SSSR count). The van der Waals surface area contributed by atoms with Crippen LogP contribution in [0.25, 0.3) is 5.65 Å². The number of aromatic nitrogens is 3. The van der Waals surface area contributed by atoms with Crippen LogP contribution in [0.1, 0.15) is 6.42 Å². The van der Waals surface area contributed by atoms with E-state index in [2.05, 4.69) is 10.1 Å². The second kappa shape index (κ2) is 3.68. The fraction of sp³-hybridized carbons (Fsp3) is 0.300. The van der Waals surface area contributed by atoms with Gasteiger partial charge in [0.2, 0.25) is 5.91 Å². The van der Waals surface area contributed by atoms with Crippen molar-refractivity contribution in [2.45, 2.75) is 12.5 Å². The molecule has 1 saturated heterocycles. The molecule has 1 aliphatic rings. The van der Waals surface area contributed by atoms with E-state index in [1.807, 2.05) is 0 Å². The van der Waals surface area contributed by atoms with Gasteiger partial charge in [0.05, 0.1) is 24.1 Å². The van der Waals surface area contributed by atoms with Gasteiger partial charge in [0.1, 0.15) is 0 Å². The maximum absolute atomic E-state index is 11.6. The summed E-state index contributed by atoms with van der Waals surface area (Å²) in [5.74, 6) is 0.101. The minimum atomic E-state index is -0.649. The Labute approximate surface area is 101 Å². The predicted octanol–water partition coefficient (Wildman–Crippen LogP) is 0.480. The molecular formula is C10H9ClN4O2. The molecule has 3 heterocycles. The first-order chi connectivity index (χ1) is 8.15. The molecule has 6 nitrogen and oxygen atoms in total. The van der Waals surface area contributed by atoms with Crippen LogP contribution in [-0.2, 0) is 4.79 Å². The quantitative estimate of drug-likeness (QED) is 0.801. The lowest BCUT2D eigenvalue weighted by molar-refractivity contribution is -0.117. The van der Waals surface area contributed by atoms with E-state index in [0.717, 1.165) is 0 Å². The maximum atomic E-state index is 11.6. The average molecular weight is 253 g/mol. The van der Waals surface area contributed by atoms with E-state index < -0.39 is 6.10 Å². The third-order valence-corrected chi connectivity index (χ3v) is 2.94. The highest BCUT2D eigenvalue weighted by Crippen LogP contribution is 2.21. The molecule has 17 heavy (non-hydrogen) atoms. The number of pyridine rings is 1. The average Bonchev–Trinajstić information content (AvgIpc) is 2.82. The number of aliphatic hydroxyl groups is 1. The highest BCUT2D eigenvalue weighted by Gasteiger charge is 2.31. The summed E-state index contributed by atoms with van der Waals surface area (Å²) in [6.07, 6.45) is 1.17. The van der Waals surface area contributed by atoms with Gasteiger partial charge in [-0.15, -0.1) is 5.10 Å². The summed E-state index contributed by atoms with van der Waals surface area (Å²) in [6.45, 7) is 0.229. The number of hydrogen-bond acceptors (Lipinski definition) is 4. The molecule has 1 atom stereocenters. The zero-order valence-corrected chi connectivity index (χ0v) is 9.50. The summed E-state index contributed by atoms with van der Waals surface area (Å²) in [5.41, 5.74) is 0.498. The van der Waals surface area contributed by atoms with Crippen molar-refractivity contribution < 1.29 is 9.90 Å². The third kappa shape index (κ3) is 1.65. The van der Waals surface area contributed by atoms with Gasteiger partial charge in [0.25, 0.3) is 5.95 Å². The van der Waals surface area contributed by atoms with Crippen molar-refractivity contribution in [3.8, 4) is 0 Å². The standard InChI is InChI=1S/C10H9ClN4O2/c11-7-2-1-3-15-9(7)12-10(13-15)14-5-6(16)4-8(14)17/h1-3,6,16H,4-5H2. The molecule has 2 aromatic rings. The van der Waals surface area contributed by atoms with E-state index in [0.29, 0.717) is 10.7 Å². The highest BCUT2D eigenvalue weighted by molar-refractivity contribution is 6.33. The van der Waals surface area contributed by atoms with Crippen LogP contribution in [0.15, 0.2) is 18.3 Å². The lowest BCUT2D eigenvalue weighted by Gasteiger charge is -2.09. The number of carbonyl (C=O) groups excluding carboxylic acids is 1. The van der Waals surface area contributed by atoms with Crippen LogP contribution >= 0.6 is 11.6 Å². The Morgan fingerprint density at radius 3 is 3.00 bits per heavy atom. The zero-order chi connectivity index (χ0) is 12.0. The molecule has 1 fully saturated rings. The van der Waals surface area contributed by atoms with Gasteiger partial charge in [0, 0.05) is 6.20 Å². The fourth-order valence-corrected chi connectivity index (χ4v) is 2.06. The number of anilines is 1. The van der Waals surface area contributed by atoms with E-state index in [1.54, 1.807) is 18.3 Å². The molecule has 0 spiro atoms. The van der Waals surface area contributed by atoms with E-state index in [1.165, 1.54) is 9.42 Å². The minimum Gasteiger partial charge on any atom is -0.391 e. The summed E-state index contributed by atoms with van der Waals surface area (Å²) >= 11 is 5.97. The zero-order valence-electron chi connectivity index (χ0n) is 8.75. The van der Waals surface area contributed by atoms with E-state index in [4.69, 9.17) is 11.6 Å². The Hall–Kier alpha value is -1.66. The molecule has 1 N–H and O–H groups in total. The number of carbonyl (C=O) groups is 1. The van der Waals surface area contributed by atoms with Gasteiger partial charge in [0.15, 0.2) is 5.65 Å². The first-order valence-electron chi connectivity index (χ1n) is 5.14. The number of fused-ring (bicyclic) bond motifs is 1. The lowest BCUT2D eigenvalue weighted by Crippen LogP contribution is -2.26. The van der Waals surface area contributed by atoms with E-state index >= 15 is 0 Å². The molecule has 1 aliphatic heterocycles. The Morgan fingerprint density at radius 1 is 1.53 bits per heavy atom. The number of nitrogens with zero attached hydrogens (tertiary/aromatic N) is 4. The van der Waals surface area contributed by atoms with Crippen molar-refractivity contribution >= 4 is 29.1 Å². The maximum Gasteiger partial charge on any atom is 0.252 e. The molecule has 0 bridgehead atoms. The smallest absolute Gasteiger partial charge is 0.252 e. The summed E-state index contributed by atoms with van der Waals surface area (Å²) in [7, 11) is 0. The Morgan fingerprint density at radius 2 is 2.35 bits per heavy atom. The molecule has 0 aliphatic carbocycles. The van der Waals surface area contributed by atoms with E-state index in [-0.39, 0.29) is 24.8 Å². The van der Waals surface area contributed by atoms with Gasteiger partial charge >= 0.3 is 0 Å². The number of halogens is 1. The second-order valence-electron chi connectivity index (χ2n) is 3.90. The van der Waals surface area contributed by atoms with Crippen LogP contribution in [0.5, 0.6) is 0 Å². The Balaban J connectivity index is 2.07. The molecule has 1 unspecified atom stereocenters. The SMILES string of the molecule is O=C1CC(O)CN1c1nc2c(Cl)cccn2n1. The first-order valence-corrected chi connectivity index (χ1v) is 5.52. The van der Waals surface area contributed by atoms with Crippen molar-refractivity contribution in [2.24, 2.45) is 0 Å². The lowest BCUT2D eigenvalue weighted by atomic mass is 10.3. The highest BCUT2D eigenvalue weighted by atomic mass is 35.5.